The normalized spacial score (nSPS) is 12.0. The number of benzene rings is 2. The smallest absolute Gasteiger partial charge is 0.408 e. The summed E-state index contributed by atoms with van der Waals surface area (Å²) < 4.78 is 32.0. The highest BCUT2D eigenvalue weighted by molar-refractivity contribution is 7.90. The predicted molar refractivity (Wildman–Crippen MR) is 93.3 cm³/mol. The van der Waals surface area contributed by atoms with Crippen molar-refractivity contribution < 1.29 is 12.8 Å². The van der Waals surface area contributed by atoms with E-state index in [0.717, 1.165) is 5.56 Å². The number of oxazole rings is 1. The summed E-state index contributed by atoms with van der Waals surface area (Å²) in [4.78, 5) is 11.8. The molecule has 0 atom stereocenters. The van der Waals surface area contributed by atoms with Gasteiger partial charge in [0.15, 0.2) is 15.4 Å². The number of halogens is 1. The van der Waals surface area contributed by atoms with Gasteiger partial charge in [-0.3, -0.25) is 4.57 Å². The molecule has 0 N–H and O–H groups in total. The second kappa shape index (κ2) is 5.79. The molecular formula is C17H16ClNO4S. The Morgan fingerprint density at radius 2 is 1.83 bits per heavy atom. The average Bonchev–Trinajstić information content (AvgIpc) is 2.76. The van der Waals surface area contributed by atoms with Crippen molar-refractivity contribution in [1.29, 1.82) is 0 Å². The largest absolute Gasteiger partial charge is 0.419 e. The fraction of sp³-hybridized carbons (Fsp3) is 0.235. The molecule has 0 amide bonds. The number of sulfone groups is 1. The van der Waals surface area contributed by atoms with Gasteiger partial charge in [0.1, 0.15) is 0 Å². The van der Waals surface area contributed by atoms with E-state index in [-0.39, 0.29) is 10.6 Å². The summed E-state index contributed by atoms with van der Waals surface area (Å²) in [7, 11) is -2.03. The maximum Gasteiger partial charge on any atom is 0.419 e. The molecule has 3 rings (SSSR count). The Labute approximate surface area is 144 Å². The van der Waals surface area contributed by atoms with Crippen LogP contribution in [0.4, 0.5) is 0 Å². The number of nitrogens with zero attached hydrogens (tertiary/aromatic N) is 1. The van der Waals surface area contributed by atoms with Crippen molar-refractivity contribution in [2.45, 2.75) is 24.5 Å². The number of fused-ring (bicyclic) bond motifs is 1. The lowest BCUT2D eigenvalue weighted by atomic mass is 10.2. The van der Waals surface area contributed by atoms with E-state index in [1.165, 1.54) is 10.6 Å². The van der Waals surface area contributed by atoms with Crippen molar-refractivity contribution >= 4 is 32.5 Å². The minimum atomic E-state index is -3.57. The Morgan fingerprint density at radius 1 is 1.12 bits per heavy atom. The van der Waals surface area contributed by atoms with Gasteiger partial charge in [-0.1, -0.05) is 23.7 Å². The molecule has 126 valence electrons. The molecule has 24 heavy (non-hydrogen) atoms. The number of hydrogen-bond donors (Lipinski definition) is 0. The van der Waals surface area contributed by atoms with Crippen LogP contribution in [-0.2, 0) is 22.6 Å². The molecular weight excluding hydrogens is 350 g/mol. The van der Waals surface area contributed by atoms with Gasteiger partial charge in [0.25, 0.3) is 0 Å². The van der Waals surface area contributed by atoms with Crippen LogP contribution < -0.4 is 5.76 Å². The van der Waals surface area contributed by atoms with Gasteiger partial charge in [0, 0.05) is 12.1 Å². The molecule has 2 aromatic carbocycles. The monoisotopic (exact) mass is 365 g/mol. The van der Waals surface area contributed by atoms with Gasteiger partial charge in [-0.05, 0) is 48.7 Å². The first-order valence-electron chi connectivity index (χ1n) is 7.27. The minimum absolute atomic E-state index is 0.136. The van der Waals surface area contributed by atoms with E-state index in [4.69, 9.17) is 16.0 Å². The van der Waals surface area contributed by atoms with Crippen LogP contribution >= 0.6 is 11.6 Å². The zero-order chi connectivity index (χ0) is 17.6. The second-order valence-electron chi connectivity index (χ2n) is 5.86. The van der Waals surface area contributed by atoms with Crippen molar-refractivity contribution in [1.82, 2.24) is 4.57 Å². The molecule has 0 saturated heterocycles. The highest BCUT2D eigenvalue weighted by Gasteiger charge is 2.21. The zero-order valence-electron chi connectivity index (χ0n) is 13.5. The van der Waals surface area contributed by atoms with Crippen molar-refractivity contribution in [3.8, 4) is 0 Å². The van der Waals surface area contributed by atoms with Gasteiger partial charge in [0.05, 0.1) is 16.2 Å². The fourth-order valence-electron chi connectivity index (χ4n) is 2.68. The molecule has 1 aromatic heterocycles. The van der Waals surface area contributed by atoms with Crippen LogP contribution in [0.1, 0.15) is 16.7 Å². The first-order valence-corrected chi connectivity index (χ1v) is 9.30. The van der Waals surface area contributed by atoms with Crippen LogP contribution in [0.3, 0.4) is 0 Å². The first-order chi connectivity index (χ1) is 11.2. The molecule has 0 aliphatic carbocycles. The third-order valence-electron chi connectivity index (χ3n) is 4.00. The molecule has 0 aliphatic heterocycles. The van der Waals surface area contributed by atoms with E-state index < -0.39 is 15.6 Å². The molecule has 5 nitrogen and oxygen atoms in total. The van der Waals surface area contributed by atoms with Gasteiger partial charge in [-0.15, -0.1) is 0 Å². The van der Waals surface area contributed by atoms with Crippen LogP contribution in [0.2, 0.25) is 5.02 Å². The lowest BCUT2D eigenvalue weighted by Gasteiger charge is -2.09. The molecule has 0 aliphatic rings. The Bertz CT molecular complexity index is 1110. The van der Waals surface area contributed by atoms with E-state index >= 15 is 0 Å². The molecule has 0 radical (unpaired) electrons. The Balaban J connectivity index is 2.10. The molecule has 1 heterocycles. The first kappa shape index (κ1) is 16.8. The minimum Gasteiger partial charge on any atom is -0.408 e. The van der Waals surface area contributed by atoms with Crippen molar-refractivity contribution in [3.63, 3.8) is 0 Å². The van der Waals surface area contributed by atoms with Crippen LogP contribution in [0, 0.1) is 13.8 Å². The van der Waals surface area contributed by atoms with Gasteiger partial charge in [0.2, 0.25) is 0 Å². The van der Waals surface area contributed by atoms with Crippen LogP contribution in [0.5, 0.6) is 0 Å². The predicted octanol–water partition coefficient (Wildman–Crippen LogP) is 3.38. The number of aryl methyl sites for hydroxylation is 3. The molecule has 0 unspecified atom stereocenters. The van der Waals surface area contributed by atoms with E-state index in [9.17, 15) is 13.2 Å². The Kier molecular flexibility index (Phi) is 4.05. The molecule has 0 saturated carbocycles. The van der Waals surface area contributed by atoms with Crippen LogP contribution in [0.15, 0.2) is 44.4 Å². The topological polar surface area (TPSA) is 69.3 Å². The third-order valence-corrected chi connectivity index (χ3v) is 6.25. The maximum absolute atomic E-state index is 12.8. The molecule has 7 heteroatoms. The van der Waals surface area contributed by atoms with Crippen molar-refractivity contribution in [2.24, 2.45) is 7.05 Å². The van der Waals surface area contributed by atoms with E-state index in [0.29, 0.717) is 27.2 Å². The SMILES string of the molecule is Cc1cc(CS(=O)(=O)c2cc3c(cc2C)oc(=O)n3C)ccc1Cl. The fourth-order valence-corrected chi connectivity index (χ4v) is 4.42. The van der Waals surface area contributed by atoms with Crippen LogP contribution in [0.25, 0.3) is 11.1 Å². The van der Waals surface area contributed by atoms with Crippen molar-refractivity contribution in [2.75, 3.05) is 0 Å². The van der Waals surface area contributed by atoms with E-state index in [1.54, 1.807) is 38.2 Å². The van der Waals surface area contributed by atoms with E-state index in [2.05, 4.69) is 0 Å². The molecule has 0 bridgehead atoms. The van der Waals surface area contributed by atoms with Crippen LogP contribution in [-0.4, -0.2) is 13.0 Å². The second-order valence-corrected chi connectivity index (χ2v) is 8.22. The number of hydrogen-bond acceptors (Lipinski definition) is 4. The highest BCUT2D eigenvalue weighted by Crippen LogP contribution is 2.26. The number of rotatable bonds is 3. The summed E-state index contributed by atoms with van der Waals surface area (Å²) in [6.07, 6.45) is 0. The van der Waals surface area contributed by atoms with Gasteiger partial charge in [-0.2, -0.15) is 0 Å². The van der Waals surface area contributed by atoms with E-state index in [1.807, 2.05) is 6.92 Å². The Hall–Kier alpha value is -2.05. The maximum atomic E-state index is 12.8. The Morgan fingerprint density at radius 3 is 2.50 bits per heavy atom. The average molecular weight is 366 g/mol. The lowest BCUT2D eigenvalue weighted by Crippen LogP contribution is -2.10. The van der Waals surface area contributed by atoms with Gasteiger partial charge < -0.3 is 4.42 Å². The third kappa shape index (κ3) is 2.87. The summed E-state index contributed by atoms with van der Waals surface area (Å²) in [5.41, 5.74) is 2.87. The van der Waals surface area contributed by atoms with Crippen molar-refractivity contribution in [3.05, 3.63) is 62.6 Å². The molecule has 3 aromatic rings. The molecule has 0 fully saturated rings. The number of aromatic nitrogens is 1. The van der Waals surface area contributed by atoms with Gasteiger partial charge in [-0.25, -0.2) is 13.2 Å². The summed E-state index contributed by atoms with van der Waals surface area (Å²) in [6.45, 7) is 3.52. The van der Waals surface area contributed by atoms with Gasteiger partial charge >= 0.3 is 5.76 Å². The summed E-state index contributed by atoms with van der Waals surface area (Å²) in [5, 5.41) is 0.599. The standard InChI is InChI=1S/C17H16ClNO4S/c1-10-6-12(4-5-13(10)18)9-24(21,22)16-8-14-15(7-11(16)2)23-17(20)19(14)3/h4-8H,9H2,1-3H3. The summed E-state index contributed by atoms with van der Waals surface area (Å²) in [5.74, 6) is -0.657. The summed E-state index contributed by atoms with van der Waals surface area (Å²) >= 11 is 5.99. The lowest BCUT2D eigenvalue weighted by molar-refractivity contribution is 0.528. The quantitative estimate of drug-likeness (QED) is 0.713. The summed E-state index contributed by atoms with van der Waals surface area (Å²) in [6, 6.07) is 8.23. The zero-order valence-corrected chi connectivity index (χ0v) is 15.0. The molecule has 0 spiro atoms. The highest BCUT2D eigenvalue weighted by atomic mass is 35.5.